The maximum Gasteiger partial charge on any atom is 0.355 e. The Morgan fingerprint density at radius 3 is 2.43 bits per heavy atom. The van der Waals surface area contributed by atoms with Crippen molar-refractivity contribution in [2.45, 2.75) is 52.6 Å². The van der Waals surface area contributed by atoms with Crippen molar-refractivity contribution >= 4 is 22.8 Å². The molecular formula is C31H32F2N6O3. The molecule has 3 aromatic heterocycles. The lowest BCUT2D eigenvalue weighted by Crippen LogP contribution is -2.58. The molecular weight excluding hydrogens is 542 g/mol. The molecule has 0 radical (unpaired) electrons. The van der Waals surface area contributed by atoms with Gasteiger partial charge in [0.1, 0.15) is 23.1 Å². The van der Waals surface area contributed by atoms with Crippen LogP contribution in [-0.4, -0.2) is 60.6 Å². The van der Waals surface area contributed by atoms with E-state index in [1.165, 1.54) is 28.8 Å². The van der Waals surface area contributed by atoms with E-state index in [-0.39, 0.29) is 40.8 Å². The summed E-state index contributed by atoms with van der Waals surface area (Å²) in [5, 5.41) is 10.7. The van der Waals surface area contributed by atoms with Crippen LogP contribution in [0.25, 0.3) is 28.0 Å². The molecule has 1 saturated heterocycles. The van der Waals surface area contributed by atoms with Gasteiger partial charge in [0.25, 0.3) is 0 Å². The Morgan fingerprint density at radius 2 is 1.81 bits per heavy atom. The van der Waals surface area contributed by atoms with Gasteiger partial charge in [0.15, 0.2) is 11.5 Å². The lowest BCUT2D eigenvalue weighted by Gasteiger charge is -2.45. The average molecular weight is 575 g/mol. The van der Waals surface area contributed by atoms with Crippen molar-refractivity contribution in [3.63, 3.8) is 0 Å². The Bertz CT molecular complexity index is 1760. The molecule has 1 amide bonds. The summed E-state index contributed by atoms with van der Waals surface area (Å²) in [5.41, 5.74) is 0.261. The van der Waals surface area contributed by atoms with E-state index in [0.717, 1.165) is 6.07 Å². The van der Waals surface area contributed by atoms with Gasteiger partial charge in [0.05, 0.1) is 22.3 Å². The number of amides is 1. The first-order chi connectivity index (χ1) is 19.9. The number of aryl methyl sites for hydroxylation is 1. The number of anilines is 1. The first-order valence-corrected chi connectivity index (χ1v) is 13.7. The predicted molar refractivity (Wildman–Crippen MR) is 157 cm³/mol. The molecule has 218 valence electrons. The van der Waals surface area contributed by atoms with E-state index in [9.17, 15) is 19.1 Å². The standard InChI is InChI=1S/C31H32F2N6O3/c1-7-24(41)37-14-18(5)38(19(6)15-37)30-20-13-22(33)27(25-21(32)9-8-10-23(25)40)35-29(20)39(31(42)36-30)28-17(4)11-12-34-26(28)16(2)3/h7-13,16,18-19,40H,1,14-15H2,2-6H3/t18-,19?/m0/s1. The number of nitrogens with zero attached hydrogens (tertiary/aromatic N) is 6. The second-order valence-corrected chi connectivity index (χ2v) is 10.9. The third-order valence-electron chi connectivity index (χ3n) is 7.60. The van der Waals surface area contributed by atoms with Crippen molar-refractivity contribution in [3.05, 3.63) is 82.6 Å². The van der Waals surface area contributed by atoms with Crippen LogP contribution in [0.5, 0.6) is 5.75 Å². The summed E-state index contributed by atoms with van der Waals surface area (Å²) in [4.78, 5) is 43.4. The molecule has 5 rings (SSSR count). The Morgan fingerprint density at radius 1 is 1.12 bits per heavy atom. The van der Waals surface area contributed by atoms with Gasteiger partial charge in [0.2, 0.25) is 5.91 Å². The van der Waals surface area contributed by atoms with Crippen LogP contribution in [0, 0.1) is 18.6 Å². The van der Waals surface area contributed by atoms with E-state index in [2.05, 4.69) is 21.5 Å². The molecule has 9 nitrogen and oxygen atoms in total. The monoisotopic (exact) mass is 574 g/mol. The molecule has 11 heteroatoms. The molecule has 0 bridgehead atoms. The van der Waals surface area contributed by atoms with Crippen LogP contribution in [0.3, 0.4) is 0 Å². The lowest BCUT2D eigenvalue weighted by molar-refractivity contribution is -0.127. The number of halogens is 2. The van der Waals surface area contributed by atoms with E-state index >= 15 is 4.39 Å². The number of aromatic hydroxyl groups is 1. The molecule has 1 aliphatic heterocycles. The van der Waals surface area contributed by atoms with Crippen molar-refractivity contribution in [3.8, 4) is 22.7 Å². The number of pyridine rings is 2. The molecule has 4 aromatic rings. The van der Waals surface area contributed by atoms with Crippen LogP contribution >= 0.6 is 0 Å². The fourth-order valence-corrected chi connectivity index (χ4v) is 5.76. The molecule has 4 heterocycles. The Labute approximate surface area is 241 Å². The van der Waals surface area contributed by atoms with E-state index < -0.39 is 34.3 Å². The number of rotatable bonds is 5. The largest absolute Gasteiger partial charge is 0.507 e. The first-order valence-electron chi connectivity index (χ1n) is 13.7. The van der Waals surface area contributed by atoms with Crippen LogP contribution in [0.2, 0.25) is 0 Å². The van der Waals surface area contributed by atoms with Gasteiger partial charge in [-0.25, -0.2) is 23.1 Å². The summed E-state index contributed by atoms with van der Waals surface area (Å²) in [7, 11) is 0. The molecule has 0 spiro atoms. The third kappa shape index (κ3) is 4.78. The van der Waals surface area contributed by atoms with Crippen molar-refractivity contribution in [2.24, 2.45) is 0 Å². The number of carbonyl (C=O) groups is 1. The molecule has 42 heavy (non-hydrogen) atoms. The van der Waals surface area contributed by atoms with Crippen LogP contribution in [0.1, 0.15) is 44.9 Å². The number of aromatic nitrogens is 4. The summed E-state index contributed by atoms with van der Waals surface area (Å²) in [6, 6.07) is 5.97. The number of phenols is 1. The maximum absolute atomic E-state index is 15.9. The molecule has 0 saturated carbocycles. The first kappa shape index (κ1) is 28.8. The highest BCUT2D eigenvalue weighted by Gasteiger charge is 2.35. The normalized spacial score (nSPS) is 17.2. The number of hydrogen-bond acceptors (Lipinski definition) is 7. The summed E-state index contributed by atoms with van der Waals surface area (Å²) in [5.74, 6) is -2.36. The number of carbonyl (C=O) groups excluding carboxylic acids is 1. The van der Waals surface area contributed by atoms with Crippen LogP contribution in [0.4, 0.5) is 14.6 Å². The maximum atomic E-state index is 15.9. The van der Waals surface area contributed by atoms with Crippen LogP contribution < -0.4 is 10.6 Å². The van der Waals surface area contributed by atoms with E-state index in [0.29, 0.717) is 30.0 Å². The van der Waals surface area contributed by atoms with Gasteiger partial charge >= 0.3 is 5.69 Å². The molecule has 1 fully saturated rings. The second-order valence-electron chi connectivity index (χ2n) is 10.9. The summed E-state index contributed by atoms with van der Waals surface area (Å²) < 4.78 is 32.1. The van der Waals surface area contributed by atoms with Crippen molar-refractivity contribution < 1.29 is 18.7 Å². The number of fused-ring (bicyclic) bond motifs is 1. The van der Waals surface area contributed by atoms with E-state index in [4.69, 9.17) is 0 Å². The lowest BCUT2D eigenvalue weighted by atomic mass is 10.0. The van der Waals surface area contributed by atoms with E-state index in [1.54, 1.807) is 17.2 Å². The zero-order chi connectivity index (χ0) is 30.5. The number of hydrogen-bond donors (Lipinski definition) is 1. The zero-order valence-corrected chi connectivity index (χ0v) is 24.1. The van der Waals surface area contributed by atoms with Crippen molar-refractivity contribution in [1.29, 1.82) is 0 Å². The highest BCUT2D eigenvalue weighted by molar-refractivity contribution is 5.91. The molecule has 1 aromatic carbocycles. The number of phenolic OH excluding ortho intramolecular Hbond substituents is 1. The van der Waals surface area contributed by atoms with Crippen molar-refractivity contribution in [1.82, 2.24) is 24.4 Å². The molecule has 0 aliphatic carbocycles. The Kier molecular flexibility index (Phi) is 7.53. The van der Waals surface area contributed by atoms with Gasteiger partial charge in [-0.05, 0) is 62.6 Å². The van der Waals surface area contributed by atoms with Crippen LogP contribution in [0.15, 0.2) is 54.0 Å². The number of benzene rings is 1. The summed E-state index contributed by atoms with van der Waals surface area (Å²) in [6.07, 6.45) is 2.90. The number of piperazine rings is 1. The van der Waals surface area contributed by atoms with Crippen molar-refractivity contribution in [2.75, 3.05) is 18.0 Å². The fraction of sp³-hybridized carbons (Fsp3) is 0.323. The zero-order valence-electron chi connectivity index (χ0n) is 24.1. The molecule has 1 unspecified atom stereocenters. The highest BCUT2D eigenvalue weighted by atomic mass is 19.1. The summed E-state index contributed by atoms with van der Waals surface area (Å²) >= 11 is 0. The Hall–Kier alpha value is -4.67. The SMILES string of the molecule is C=CC(=O)N1CC(C)N(c2nc(=O)n(-c3c(C)ccnc3C(C)C)c3nc(-c4c(O)cccc4F)c(F)cc23)[C@@H](C)C1. The van der Waals surface area contributed by atoms with Gasteiger partial charge < -0.3 is 14.9 Å². The smallest absolute Gasteiger partial charge is 0.355 e. The topological polar surface area (TPSA) is 104 Å². The third-order valence-corrected chi connectivity index (χ3v) is 7.60. The second kappa shape index (κ2) is 11.0. The molecule has 1 aliphatic rings. The van der Waals surface area contributed by atoms with Gasteiger partial charge in [-0.15, -0.1) is 0 Å². The van der Waals surface area contributed by atoms with Gasteiger partial charge in [-0.3, -0.25) is 9.78 Å². The highest BCUT2D eigenvalue weighted by Crippen LogP contribution is 2.37. The Balaban J connectivity index is 1.86. The molecule has 2 atom stereocenters. The van der Waals surface area contributed by atoms with Crippen LogP contribution in [-0.2, 0) is 4.79 Å². The minimum atomic E-state index is -0.899. The summed E-state index contributed by atoms with van der Waals surface area (Å²) in [6.45, 7) is 13.7. The predicted octanol–water partition coefficient (Wildman–Crippen LogP) is 4.87. The minimum absolute atomic E-state index is 0.0334. The van der Waals surface area contributed by atoms with Gasteiger partial charge in [0, 0.05) is 31.4 Å². The van der Waals surface area contributed by atoms with Gasteiger partial charge in [-0.1, -0.05) is 26.5 Å². The fourth-order valence-electron chi connectivity index (χ4n) is 5.76. The average Bonchev–Trinajstić information content (AvgIpc) is 2.93. The minimum Gasteiger partial charge on any atom is -0.507 e. The molecule has 1 N–H and O–H groups in total. The van der Waals surface area contributed by atoms with Gasteiger partial charge in [-0.2, -0.15) is 4.98 Å². The van der Waals surface area contributed by atoms with E-state index in [1.807, 2.05) is 39.5 Å². The quantitative estimate of drug-likeness (QED) is 0.339.